The van der Waals surface area contributed by atoms with Crippen molar-refractivity contribution in [3.05, 3.63) is 33.8 Å². The molecule has 0 spiro atoms. The Balaban J connectivity index is 3.06. The number of halogens is 1. The molecule has 0 fully saturated rings. The summed E-state index contributed by atoms with van der Waals surface area (Å²) >= 11 is 3.39. The first-order chi connectivity index (χ1) is 7.97. The Morgan fingerprint density at radius 2 is 2.18 bits per heavy atom. The van der Waals surface area contributed by atoms with Gasteiger partial charge in [-0.3, -0.25) is 4.79 Å². The topological polar surface area (TPSA) is 44.1 Å². The number of nitriles is 1. The molecule has 0 bridgehead atoms. The fourth-order valence-corrected chi connectivity index (χ4v) is 2.18. The number of aryl methyl sites for hydroxylation is 1. The minimum atomic E-state index is -0.117. The van der Waals surface area contributed by atoms with Gasteiger partial charge in [-0.2, -0.15) is 5.26 Å². The van der Waals surface area contributed by atoms with Crippen molar-refractivity contribution in [3.63, 3.8) is 0 Å². The monoisotopic (exact) mass is 294 g/mol. The third-order valence-corrected chi connectivity index (χ3v) is 3.14. The van der Waals surface area contributed by atoms with Crippen molar-refractivity contribution in [3.8, 4) is 6.07 Å². The molecule has 0 heterocycles. The zero-order chi connectivity index (χ0) is 13.0. The molecule has 0 aromatic heterocycles. The molecule has 0 atom stereocenters. The average Bonchev–Trinajstić information content (AvgIpc) is 2.24. The van der Waals surface area contributed by atoms with Crippen molar-refractivity contribution < 1.29 is 4.79 Å². The quantitative estimate of drug-likeness (QED) is 0.804. The number of amides is 1. The van der Waals surface area contributed by atoms with Crippen molar-refractivity contribution in [2.75, 3.05) is 6.54 Å². The summed E-state index contributed by atoms with van der Waals surface area (Å²) in [6, 6.07) is 7.61. The number of hydrogen-bond acceptors (Lipinski definition) is 2. The van der Waals surface area contributed by atoms with Gasteiger partial charge in [-0.1, -0.05) is 6.07 Å². The van der Waals surface area contributed by atoms with E-state index in [-0.39, 0.29) is 18.5 Å². The van der Waals surface area contributed by atoms with Crippen LogP contribution in [-0.4, -0.2) is 23.4 Å². The van der Waals surface area contributed by atoms with Crippen molar-refractivity contribution >= 4 is 21.8 Å². The molecule has 17 heavy (non-hydrogen) atoms. The van der Waals surface area contributed by atoms with Gasteiger partial charge in [-0.05, 0) is 54.4 Å². The number of rotatable bonds is 3. The second kappa shape index (κ2) is 5.83. The molecule has 1 rings (SSSR count). The van der Waals surface area contributed by atoms with Gasteiger partial charge in [0, 0.05) is 10.5 Å². The van der Waals surface area contributed by atoms with Crippen LogP contribution in [0.25, 0.3) is 0 Å². The van der Waals surface area contributed by atoms with E-state index in [0.29, 0.717) is 5.56 Å². The lowest BCUT2D eigenvalue weighted by Gasteiger charge is -2.24. The smallest absolute Gasteiger partial charge is 0.256 e. The van der Waals surface area contributed by atoms with E-state index in [1.165, 1.54) is 0 Å². The lowest BCUT2D eigenvalue weighted by atomic mass is 10.1. The number of nitrogens with zero attached hydrogens (tertiary/aromatic N) is 2. The van der Waals surface area contributed by atoms with E-state index >= 15 is 0 Å². The SMILES string of the molecule is Cc1ccc(C(=O)N(CC#N)C(C)C)c(Br)c1. The minimum Gasteiger partial charge on any atom is -0.323 e. The van der Waals surface area contributed by atoms with E-state index in [9.17, 15) is 4.79 Å². The van der Waals surface area contributed by atoms with Gasteiger partial charge in [0.2, 0.25) is 0 Å². The summed E-state index contributed by atoms with van der Waals surface area (Å²) in [5, 5.41) is 8.74. The van der Waals surface area contributed by atoms with Crippen LogP contribution in [0.2, 0.25) is 0 Å². The highest BCUT2D eigenvalue weighted by molar-refractivity contribution is 9.10. The Kier molecular flexibility index (Phi) is 4.71. The summed E-state index contributed by atoms with van der Waals surface area (Å²) in [6.45, 7) is 5.87. The highest BCUT2D eigenvalue weighted by Gasteiger charge is 2.20. The molecule has 4 heteroatoms. The molecule has 0 aliphatic heterocycles. The van der Waals surface area contributed by atoms with E-state index in [1.54, 1.807) is 11.0 Å². The van der Waals surface area contributed by atoms with E-state index in [1.807, 2.05) is 39.0 Å². The van der Waals surface area contributed by atoms with Crippen LogP contribution in [0.3, 0.4) is 0 Å². The largest absolute Gasteiger partial charge is 0.323 e. The van der Waals surface area contributed by atoms with E-state index in [2.05, 4.69) is 15.9 Å². The van der Waals surface area contributed by atoms with Gasteiger partial charge in [0.15, 0.2) is 0 Å². The second-order valence-electron chi connectivity index (χ2n) is 4.17. The summed E-state index contributed by atoms with van der Waals surface area (Å²) in [5.74, 6) is -0.117. The minimum absolute atomic E-state index is 0.00959. The molecule has 1 amide bonds. The highest BCUT2D eigenvalue weighted by Crippen LogP contribution is 2.20. The number of carbonyl (C=O) groups excluding carboxylic acids is 1. The molecule has 0 N–H and O–H groups in total. The molecule has 1 aromatic rings. The van der Waals surface area contributed by atoms with Crippen molar-refractivity contribution in [1.29, 1.82) is 5.26 Å². The predicted molar refractivity (Wildman–Crippen MR) is 70.7 cm³/mol. The van der Waals surface area contributed by atoms with Crippen molar-refractivity contribution in [2.24, 2.45) is 0 Å². The van der Waals surface area contributed by atoms with Crippen LogP contribution in [-0.2, 0) is 0 Å². The van der Waals surface area contributed by atoms with E-state index in [0.717, 1.165) is 10.0 Å². The van der Waals surface area contributed by atoms with Gasteiger partial charge in [0.1, 0.15) is 6.54 Å². The third kappa shape index (κ3) is 3.31. The normalized spacial score (nSPS) is 10.1. The maximum Gasteiger partial charge on any atom is 0.256 e. The van der Waals surface area contributed by atoms with Gasteiger partial charge in [-0.15, -0.1) is 0 Å². The molecule has 90 valence electrons. The predicted octanol–water partition coefficient (Wildman–Crippen LogP) is 3.13. The van der Waals surface area contributed by atoms with Gasteiger partial charge in [0.25, 0.3) is 5.91 Å². The maximum atomic E-state index is 12.3. The van der Waals surface area contributed by atoms with Crippen LogP contribution < -0.4 is 0 Å². The standard InChI is InChI=1S/C13H15BrN2O/c1-9(2)16(7-6-15)13(17)11-5-4-10(3)8-12(11)14/h4-5,8-9H,7H2,1-3H3. The van der Waals surface area contributed by atoms with Gasteiger partial charge in [0.05, 0.1) is 11.6 Å². The highest BCUT2D eigenvalue weighted by atomic mass is 79.9. The van der Waals surface area contributed by atoms with Gasteiger partial charge >= 0.3 is 0 Å². The molecular weight excluding hydrogens is 280 g/mol. The molecule has 0 saturated carbocycles. The average molecular weight is 295 g/mol. The molecule has 3 nitrogen and oxygen atoms in total. The number of benzene rings is 1. The van der Waals surface area contributed by atoms with Crippen LogP contribution in [0.15, 0.2) is 22.7 Å². The van der Waals surface area contributed by atoms with Gasteiger partial charge in [-0.25, -0.2) is 0 Å². The van der Waals surface area contributed by atoms with Crippen LogP contribution in [0, 0.1) is 18.3 Å². The fraction of sp³-hybridized carbons (Fsp3) is 0.385. The summed E-state index contributed by atoms with van der Waals surface area (Å²) in [6.07, 6.45) is 0. The summed E-state index contributed by atoms with van der Waals surface area (Å²) < 4.78 is 0.770. The molecular formula is C13H15BrN2O. The van der Waals surface area contributed by atoms with Crippen LogP contribution in [0.1, 0.15) is 29.8 Å². The van der Waals surface area contributed by atoms with Crippen LogP contribution in [0.4, 0.5) is 0 Å². The van der Waals surface area contributed by atoms with Crippen molar-refractivity contribution in [1.82, 2.24) is 4.90 Å². The number of hydrogen-bond donors (Lipinski definition) is 0. The third-order valence-electron chi connectivity index (χ3n) is 2.48. The van der Waals surface area contributed by atoms with Gasteiger partial charge < -0.3 is 4.90 Å². The Morgan fingerprint density at radius 3 is 2.65 bits per heavy atom. The number of carbonyl (C=O) groups is 1. The van der Waals surface area contributed by atoms with E-state index in [4.69, 9.17) is 5.26 Å². The molecule has 0 aliphatic rings. The summed E-state index contributed by atoms with van der Waals surface area (Å²) in [7, 11) is 0. The lowest BCUT2D eigenvalue weighted by Crippen LogP contribution is -2.37. The first kappa shape index (κ1) is 13.7. The Morgan fingerprint density at radius 1 is 1.53 bits per heavy atom. The fourth-order valence-electron chi connectivity index (χ4n) is 1.51. The van der Waals surface area contributed by atoms with Crippen LogP contribution in [0.5, 0.6) is 0 Å². The maximum absolute atomic E-state index is 12.3. The van der Waals surface area contributed by atoms with Crippen LogP contribution >= 0.6 is 15.9 Å². The Hall–Kier alpha value is -1.34. The molecule has 0 aliphatic carbocycles. The Labute approximate surface area is 110 Å². The molecule has 0 radical (unpaired) electrons. The molecule has 1 aromatic carbocycles. The van der Waals surface area contributed by atoms with E-state index < -0.39 is 0 Å². The zero-order valence-electron chi connectivity index (χ0n) is 10.2. The summed E-state index contributed by atoms with van der Waals surface area (Å²) in [4.78, 5) is 13.8. The zero-order valence-corrected chi connectivity index (χ0v) is 11.8. The molecule has 0 saturated heterocycles. The first-order valence-corrected chi connectivity index (χ1v) is 6.20. The summed E-state index contributed by atoms with van der Waals surface area (Å²) in [5.41, 5.74) is 1.68. The Bertz CT molecular complexity index is 463. The lowest BCUT2D eigenvalue weighted by molar-refractivity contribution is 0.0730. The first-order valence-electron chi connectivity index (χ1n) is 5.41. The van der Waals surface area contributed by atoms with Crippen molar-refractivity contribution in [2.45, 2.75) is 26.8 Å². The second-order valence-corrected chi connectivity index (χ2v) is 5.02. The molecule has 0 unspecified atom stereocenters.